The third kappa shape index (κ3) is 7.84. The van der Waals surface area contributed by atoms with E-state index in [0.717, 1.165) is 25.5 Å². The summed E-state index contributed by atoms with van der Waals surface area (Å²) in [7, 11) is 0. The zero-order chi connectivity index (χ0) is 13.8. The van der Waals surface area contributed by atoms with Gasteiger partial charge < -0.3 is 4.79 Å². The number of hydrogen-bond donors (Lipinski definition) is 0. The summed E-state index contributed by atoms with van der Waals surface area (Å²) < 4.78 is 12.3. The number of rotatable bonds is 12. The lowest BCUT2D eigenvalue weighted by Crippen LogP contribution is -2.12. The van der Waals surface area contributed by atoms with Crippen LogP contribution in [0.15, 0.2) is 0 Å². The Morgan fingerprint density at radius 1 is 1.06 bits per heavy atom. The first-order valence-electron chi connectivity index (χ1n) is 7.69. The van der Waals surface area contributed by atoms with Gasteiger partial charge in [-0.15, -0.1) is 0 Å². The van der Waals surface area contributed by atoms with E-state index in [-0.39, 0.29) is 6.67 Å². The summed E-state index contributed by atoms with van der Waals surface area (Å²) in [6.07, 6.45) is 9.30. The third-order valence-electron chi connectivity index (χ3n) is 4.35. The molecule has 0 rings (SSSR count). The Labute approximate surface area is 113 Å². The topological polar surface area (TPSA) is 17.1 Å². The van der Waals surface area contributed by atoms with E-state index in [4.69, 9.17) is 0 Å². The fraction of sp³-hybridized carbons (Fsp3) is 0.938. The molecule has 0 aliphatic carbocycles. The van der Waals surface area contributed by atoms with E-state index in [9.17, 15) is 9.18 Å². The van der Waals surface area contributed by atoms with Gasteiger partial charge in [-0.25, -0.2) is 0 Å². The van der Waals surface area contributed by atoms with E-state index >= 15 is 0 Å². The molecular formula is C16H31FO. The molecule has 0 aromatic heterocycles. The molecule has 0 saturated carbocycles. The zero-order valence-corrected chi connectivity index (χ0v) is 12.5. The Morgan fingerprint density at radius 2 is 1.72 bits per heavy atom. The molecule has 0 N–H and O–H groups in total. The fourth-order valence-corrected chi connectivity index (χ4v) is 2.68. The van der Waals surface area contributed by atoms with Gasteiger partial charge in [0, 0.05) is 6.42 Å². The van der Waals surface area contributed by atoms with Crippen molar-refractivity contribution in [3.63, 3.8) is 0 Å². The molecular weight excluding hydrogens is 227 g/mol. The van der Waals surface area contributed by atoms with Crippen LogP contribution in [0, 0.1) is 17.8 Å². The van der Waals surface area contributed by atoms with E-state index in [1.165, 1.54) is 19.3 Å². The van der Waals surface area contributed by atoms with Gasteiger partial charge in [-0.1, -0.05) is 52.9 Å². The fourth-order valence-electron chi connectivity index (χ4n) is 2.68. The standard InChI is InChI=1S/C16H31FO/c1-4-14(3)16(10-7-12-17)9-6-8-15(5-2)11-13-18/h13-16H,4-12H2,1-3H3/t14-,15+,16?/m1/s1. The van der Waals surface area contributed by atoms with Crippen LogP contribution in [0.25, 0.3) is 0 Å². The molecule has 0 spiro atoms. The Morgan fingerprint density at radius 3 is 2.22 bits per heavy atom. The minimum absolute atomic E-state index is 0.185. The van der Waals surface area contributed by atoms with Crippen molar-refractivity contribution in [3.05, 3.63) is 0 Å². The van der Waals surface area contributed by atoms with Crippen LogP contribution in [0.4, 0.5) is 4.39 Å². The van der Waals surface area contributed by atoms with E-state index in [1.807, 2.05) is 0 Å². The molecule has 0 fully saturated rings. The second kappa shape index (κ2) is 11.7. The molecule has 0 saturated heterocycles. The maximum atomic E-state index is 12.3. The van der Waals surface area contributed by atoms with Gasteiger partial charge in [0.05, 0.1) is 6.67 Å². The maximum Gasteiger partial charge on any atom is 0.120 e. The van der Waals surface area contributed by atoms with Crippen molar-refractivity contribution in [2.45, 2.75) is 72.1 Å². The van der Waals surface area contributed by atoms with Gasteiger partial charge in [-0.2, -0.15) is 0 Å². The highest BCUT2D eigenvalue weighted by atomic mass is 19.1. The maximum absolute atomic E-state index is 12.3. The Balaban J connectivity index is 3.96. The van der Waals surface area contributed by atoms with E-state index in [1.54, 1.807) is 0 Å². The zero-order valence-electron chi connectivity index (χ0n) is 12.5. The molecule has 1 unspecified atom stereocenters. The summed E-state index contributed by atoms with van der Waals surface area (Å²) in [6, 6.07) is 0. The van der Waals surface area contributed by atoms with Crippen LogP contribution >= 0.6 is 0 Å². The van der Waals surface area contributed by atoms with Crippen molar-refractivity contribution < 1.29 is 9.18 Å². The van der Waals surface area contributed by atoms with Crippen LogP contribution in [0.2, 0.25) is 0 Å². The summed E-state index contributed by atoms with van der Waals surface area (Å²) in [6.45, 7) is 6.47. The second-order valence-electron chi connectivity index (χ2n) is 5.58. The van der Waals surface area contributed by atoms with Crippen molar-refractivity contribution in [2.24, 2.45) is 17.8 Å². The highest BCUT2D eigenvalue weighted by molar-refractivity contribution is 5.49. The molecule has 0 bridgehead atoms. The molecule has 0 aromatic rings. The number of alkyl halides is 1. The highest BCUT2D eigenvalue weighted by Gasteiger charge is 2.16. The summed E-state index contributed by atoms with van der Waals surface area (Å²) in [5.74, 6) is 1.92. The van der Waals surface area contributed by atoms with Crippen LogP contribution in [0.3, 0.4) is 0 Å². The average molecular weight is 258 g/mol. The summed E-state index contributed by atoms with van der Waals surface area (Å²) >= 11 is 0. The quantitative estimate of drug-likeness (QED) is 0.441. The molecule has 0 radical (unpaired) electrons. The largest absolute Gasteiger partial charge is 0.303 e. The third-order valence-corrected chi connectivity index (χ3v) is 4.35. The molecule has 18 heavy (non-hydrogen) atoms. The van der Waals surface area contributed by atoms with Gasteiger partial charge in [0.15, 0.2) is 0 Å². The van der Waals surface area contributed by atoms with E-state index < -0.39 is 0 Å². The van der Waals surface area contributed by atoms with Gasteiger partial charge in [0.1, 0.15) is 6.29 Å². The first-order chi connectivity index (χ1) is 8.69. The van der Waals surface area contributed by atoms with Crippen molar-refractivity contribution in [3.8, 4) is 0 Å². The van der Waals surface area contributed by atoms with Gasteiger partial charge in [0.2, 0.25) is 0 Å². The number of aldehydes is 1. The van der Waals surface area contributed by atoms with Gasteiger partial charge in [0.25, 0.3) is 0 Å². The molecule has 0 amide bonds. The number of hydrogen-bond acceptors (Lipinski definition) is 1. The second-order valence-corrected chi connectivity index (χ2v) is 5.58. The highest BCUT2D eigenvalue weighted by Crippen LogP contribution is 2.27. The van der Waals surface area contributed by atoms with Crippen molar-refractivity contribution in [2.75, 3.05) is 6.67 Å². The SMILES string of the molecule is CC[C@H](CC=O)CCCC(CCCF)[C@H](C)CC. The molecule has 0 aromatic carbocycles. The predicted octanol–water partition coefficient (Wildman–Crippen LogP) is 5.18. The molecule has 3 atom stereocenters. The lowest BCUT2D eigenvalue weighted by Gasteiger charge is -2.23. The number of carbonyl (C=O) groups is 1. The molecule has 0 heterocycles. The first kappa shape index (κ1) is 17.6. The molecule has 108 valence electrons. The normalized spacial score (nSPS) is 16.2. The monoisotopic (exact) mass is 258 g/mol. The van der Waals surface area contributed by atoms with Crippen LogP contribution in [0.1, 0.15) is 72.1 Å². The van der Waals surface area contributed by atoms with Gasteiger partial charge >= 0.3 is 0 Å². The first-order valence-corrected chi connectivity index (χ1v) is 7.69. The number of halogens is 1. The van der Waals surface area contributed by atoms with Crippen molar-refractivity contribution >= 4 is 6.29 Å². The predicted molar refractivity (Wildman–Crippen MR) is 76.5 cm³/mol. The smallest absolute Gasteiger partial charge is 0.120 e. The minimum atomic E-state index is -0.185. The Hall–Kier alpha value is -0.400. The van der Waals surface area contributed by atoms with Crippen molar-refractivity contribution in [1.82, 2.24) is 0 Å². The van der Waals surface area contributed by atoms with E-state index in [2.05, 4.69) is 20.8 Å². The Kier molecular flexibility index (Phi) is 11.4. The van der Waals surface area contributed by atoms with Gasteiger partial charge in [-0.3, -0.25) is 4.39 Å². The molecule has 1 nitrogen and oxygen atoms in total. The van der Waals surface area contributed by atoms with Crippen molar-refractivity contribution in [1.29, 1.82) is 0 Å². The van der Waals surface area contributed by atoms with Crippen LogP contribution in [-0.4, -0.2) is 13.0 Å². The molecule has 0 aliphatic heterocycles. The lowest BCUT2D eigenvalue weighted by atomic mass is 9.83. The van der Waals surface area contributed by atoms with Crippen LogP contribution < -0.4 is 0 Å². The molecule has 2 heteroatoms. The summed E-state index contributed by atoms with van der Waals surface area (Å²) in [4.78, 5) is 10.5. The average Bonchev–Trinajstić information content (AvgIpc) is 2.40. The lowest BCUT2D eigenvalue weighted by molar-refractivity contribution is -0.108. The van der Waals surface area contributed by atoms with E-state index in [0.29, 0.717) is 30.6 Å². The molecule has 0 aliphatic rings. The van der Waals surface area contributed by atoms with Crippen LogP contribution in [0.5, 0.6) is 0 Å². The summed E-state index contributed by atoms with van der Waals surface area (Å²) in [5, 5.41) is 0. The van der Waals surface area contributed by atoms with Crippen LogP contribution in [-0.2, 0) is 4.79 Å². The number of carbonyl (C=O) groups excluding carboxylic acids is 1. The minimum Gasteiger partial charge on any atom is -0.303 e. The Bertz CT molecular complexity index is 194. The summed E-state index contributed by atoms with van der Waals surface area (Å²) in [5.41, 5.74) is 0. The van der Waals surface area contributed by atoms with Gasteiger partial charge in [-0.05, 0) is 30.6 Å².